The zero-order valence-corrected chi connectivity index (χ0v) is 22.7. The molecule has 0 spiro atoms. The number of aromatic nitrogens is 3. The van der Waals surface area contributed by atoms with Gasteiger partial charge in [-0.3, -0.25) is 0 Å². The summed E-state index contributed by atoms with van der Waals surface area (Å²) in [4.78, 5) is 12.4. The molecule has 5 aromatic rings. The van der Waals surface area contributed by atoms with E-state index in [-0.39, 0.29) is 0 Å². The molecule has 0 aliphatic heterocycles. The lowest BCUT2D eigenvalue weighted by Gasteiger charge is -2.32. The molecule has 38 heavy (non-hydrogen) atoms. The third-order valence-electron chi connectivity index (χ3n) is 8.54. The quantitative estimate of drug-likeness (QED) is 0.261. The highest BCUT2D eigenvalue weighted by Crippen LogP contribution is 2.41. The monoisotopic (exact) mass is 503 g/mol. The average Bonchev–Trinajstić information content (AvgIpc) is 3.34. The highest BCUT2D eigenvalue weighted by Gasteiger charge is 2.26. The fourth-order valence-corrected chi connectivity index (χ4v) is 6.25. The van der Waals surface area contributed by atoms with Crippen LogP contribution in [0.15, 0.2) is 73.1 Å². The summed E-state index contributed by atoms with van der Waals surface area (Å²) in [5.74, 6) is 0.781. The lowest BCUT2D eigenvalue weighted by molar-refractivity contribution is 0.211. The smallest absolute Gasteiger partial charge is 0.142 e. The zero-order valence-electron chi connectivity index (χ0n) is 22.7. The van der Waals surface area contributed by atoms with Crippen LogP contribution in [0.25, 0.3) is 44.3 Å². The fraction of sp³-hybridized carbons (Fsp3) is 0.333. The van der Waals surface area contributed by atoms with Gasteiger partial charge in [-0.05, 0) is 75.4 Å². The van der Waals surface area contributed by atoms with Crippen LogP contribution in [-0.4, -0.2) is 39.6 Å². The molecular formula is C33H37N5. The number of nitrogens with zero attached hydrogens (tertiary/aromatic N) is 4. The fourth-order valence-electron chi connectivity index (χ4n) is 6.25. The zero-order chi connectivity index (χ0) is 26.2. The number of anilines is 1. The van der Waals surface area contributed by atoms with Gasteiger partial charge < -0.3 is 15.2 Å². The van der Waals surface area contributed by atoms with Gasteiger partial charge >= 0.3 is 0 Å². The van der Waals surface area contributed by atoms with Crippen LogP contribution in [0.4, 0.5) is 5.69 Å². The summed E-state index contributed by atoms with van der Waals surface area (Å²) in [6.45, 7) is 6.73. The maximum absolute atomic E-state index is 6.62. The Bertz CT molecular complexity index is 1580. The molecule has 0 bridgehead atoms. The number of fused-ring (bicyclic) bond motifs is 2. The molecule has 1 aliphatic carbocycles. The van der Waals surface area contributed by atoms with Gasteiger partial charge in [0.15, 0.2) is 0 Å². The molecular weight excluding hydrogens is 466 g/mol. The molecule has 0 radical (unpaired) electrons. The Labute approximate surface area is 225 Å². The lowest BCUT2D eigenvalue weighted by atomic mass is 9.85. The second-order valence-corrected chi connectivity index (χ2v) is 11.0. The maximum Gasteiger partial charge on any atom is 0.142 e. The summed E-state index contributed by atoms with van der Waals surface area (Å²) in [6, 6.07) is 21.5. The number of nitrogen functional groups attached to an aromatic ring is 1. The molecule has 1 fully saturated rings. The minimum Gasteiger partial charge on any atom is -0.398 e. The average molecular weight is 504 g/mol. The van der Waals surface area contributed by atoms with E-state index in [9.17, 15) is 0 Å². The van der Waals surface area contributed by atoms with Crippen LogP contribution in [0.3, 0.4) is 0 Å². The lowest BCUT2D eigenvalue weighted by Crippen LogP contribution is -2.29. The van der Waals surface area contributed by atoms with Crippen LogP contribution in [0.5, 0.6) is 0 Å². The summed E-state index contributed by atoms with van der Waals surface area (Å²) < 4.78 is 2.41. The van der Waals surface area contributed by atoms with Crippen LogP contribution in [0, 0.1) is 12.8 Å². The molecule has 194 valence electrons. The summed E-state index contributed by atoms with van der Waals surface area (Å²) in [5, 5.41) is 2.21. The standard InChI is InChI=1S/C33H37N5/c1-4-37(3)20-23-10-14-26(15-11-23)38-21-28(31-29(34)18-19-35-33(31)38)27-16-12-25-13-17-30(36-32(25)22(27)2)24-8-6-5-7-9-24/h5-9,12-13,16-19,21,23,26H,4,10-11,14-15,20H2,1-3H3,(H2,34,35). The van der Waals surface area contributed by atoms with Crippen LogP contribution in [0.2, 0.25) is 0 Å². The van der Waals surface area contributed by atoms with Gasteiger partial charge in [-0.1, -0.05) is 55.5 Å². The summed E-state index contributed by atoms with van der Waals surface area (Å²) in [6.07, 6.45) is 9.04. The van der Waals surface area contributed by atoms with Crippen molar-refractivity contribution < 1.29 is 0 Å². The summed E-state index contributed by atoms with van der Waals surface area (Å²) in [5.41, 5.74) is 15.1. The number of hydrogen-bond donors (Lipinski definition) is 1. The molecule has 6 rings (SSSR count). The van der Waals surface area contributed by atoms with Gasteiger partial charge in [0.1, 0.15) is 5.65 Å². The normalized spacial score (nSPS) is 18.0. The van der Waals surface area contributed by atoms with Crippen molar-refractivity contribution in [2.75, 3.05) is 25.9 Å². The van der Waals surface area contributed by atoms with Crippen molar-refractivity contribution in [1.82, 2.24) is 19.4 Å². The Morgan fingerprint density at radius 2 is 1.71 bits per heavy atom. The van der Waals surface area contributed by atoms with Crippen molar-refractivity contribution in [3.05, 3.63) is 78.6 Å². The predicted octanol–water partition coefficient (Wildman–Crippen LogP) is 7.49. The van der Waals surface area contributed by atoms with Crippen molar-refractivity contribution in [3.8, 4) is 22.4 Å². The van der Waals surface area contributed by atoms with Crippen molar-refractivity contribution in [2.24, 2.45) is 5.92 Å². The molecule has 2 N–H and O–H groups in total. The molecule has 3 heterocycles. The van der Waals surface area contributed by atoms with Crippen molar-refractivity contribution in [3.63, 3.8) is 0 Å². The Kier molecular flexibility index (Phi) is 6.62. The van der Waals surface area contributed by atoms with Crippen LogP contribution >= 0.6 is 0 Å². The van der Waals surface area contributed by atoms with Crippen LogP contribution in [-0.2, 0) is 0 Å². The van der Waals surface area contributed by atoms with E-state index in [2.05, 4.69) is 85.1 Å². The number of rotatable bonds is 6. The predicted molar refractivity (Wildman–Crippen MR) is 159 cm³/mol. The van der Waals surface area contributed by atoms with E-state index in [1.54, 1.807) is 0 Å². The SMILES string of the molecule is CCN(C)CC1CCC(n2cc(-c3ccc4ccc(-c5ccccc5)nc4c3C)c3c(N)ccnc32)CC1. The van der Waals surface area contributed by atoms with E-state index in [0.29, 0.717) is 6.04 Å². The molecule has 0 saturated heterocycles. The van der Waals surface area contributed by atoms with E-state index in [0.717, 1.165) is 56.9 Å². The van der Waals surface area contributed by atoms with Gasteiger partial charge in [0.2, 0.25) is 0 Å². The number of pyridine rings is 2. The van der Waals surface area contributed by atoms with E-state index in [1.807, 2.05) is 18.3 Å². The van der Waals surface area contributed by atoms with Gasteiger partial charge in [-0.25, -0.2) is 9.97 Å². The van der Waals surface area contributed by atoms with Crippen molar-refractivity contribution in [2.45, 2.75) is 45.6 Å². The highest BCUT2D eigenvalue weighted by molar-refractivity contribution is 6.04. The number of nitrogens with two attached hydrogens (primary N) is 1. The maximum atomic E-state index is 6.62. The van der Waals surface area contributed by atoms with Gasteiger partial charge in [-0.2, -0.15) is 0 Å². The van der Waals surface area contributed by atoms with Gasteiger partial charge in [0.25, 0.3) is 0 Å². The third-order valence-corrected chi connectivity index (χ3v) is 8.54. The minimum atomic E-state index is 0.451. The number of benzene rings is 2. The largest absolute Gasteiger partial charge is 0.398 e. The highest BCUT2D eigenvalue weighted by atomic mass is 15.1. The van der Waals surface area contributed by atoms with E-state index in [1.165, 1.54) is 43.4 Å². The summed E-state index contributed by atoms with van der Waals surface area (Å²) in [7, 11) is 2.23. The molecule has 0 atom stereocenters. The molecule has 5 nitrogen and oxygen atoms in total. The van der Waals surface area contributed by atoms with Crippen molar-refractivity contribution in [1.29, 1.82) is 0 Å². The number of hydrogen-bond acceptors (Lipinski definition) is 4. The van der Waals surface area contributed by atoms with Crippen LogP contribution < -0.4 is 5.73 Å². The second kappa shape index (κ2) is 10.2. The Morgan fingerprint density at radius 1 is 0.947 bits per heavy atom. The molecule has 3 aromatic heterocycles. The summed E-state index contributed by atoms with van der Waals surface area (Å²) >= 11 is 0. The van der Waals surface area contributed by atoms with Crippen LogP contribution in [0.1, 0.15) is 44.2 Å². The van der Waals surface area contributed by atoms with Crippen molar-refractivity contribution >= 4 is 27.6 Å². The molecule has 1 saturated carbocycles. The third kappa shape index (κ3) is 4.45. The first kappa shape index (κ1) is 24.6. The Morgan fingerprint density at radius 3 is 2.47 bits per heavy atom. The topological polar surface area (TPSA) is 60.0 Å². The first-order valence-corrected chi connectivity index (χ1v) is 13.9. The van der Waals surface area contributed by atoms with E-state index in [4.69, 9.17) is 15.7 Å². The van der Waals surface area contributed by atoms with E-state index >= 15 is 0 Å². The van der Waals surface area contributed by atoms with Gasteiger partial charge in [0, 0.05) is 52.6 Å². The van der Waals surface area contributed by atoms with Gasteiger partial charge in [0.05, 0.1) is 11.2 Å². The molecule has 0 unspecified atom stereocenters. The Hall–Kier alpha value is -3.70. The minimum absolute atomic E-state index is 0.451. The van der Waals surface area contributed by atoms with Gasteiger partial charge in [-0.15, -0.1) is 0 Å². The van der Waals surface area contributed by atoms with E-state index < -0.39 is 0 Å². The molecule has 5 heteroatoms. The second-order valence-electron chi connectivity index (χ2n) is 11.0. The Balaban J connectivity index is 1.41. The molecule has 1 aliphatic rings. The first-order chi connectivity index (χ1) is 18.5. The molecule has 0 amide bonds. The molecule has 2 aromatic carbocycles. The first-order valence-electron chi connectivity index (χ1n) is 13.9. The number of aryl methyl sites for hydroxylation is 1.